The molecule has 6 nitrogen and oxygen atoms in total. The average molecular weight is 486 g/mol. The second kappa shape index (κ2) is 8.40. The zero-order valence-electron chi connectivity index (χ0n) is 20.5. The van der Waals surface area contributed by atoms with Gasteiger partial charge in [0, 0.05) is 46.8 Å². The molecule has 4 unspecified atom stereocenters. The van der Waals surface area contributed by atoms with Crippen molar-refractivity contribution in [3.8, 4) is 0 Å². The lowest BCUT2D eigenvalue weighted by molar-refractivity contribution is -0.125. The molecule has 3 aliphatic carbocycles. The first-order valence-corrected chi connectivity index (χ1v) is 13.9. The van der Waals surface area contributed by atoms with Gasteiger partial charge in [-0.25, -0.2) is 0 Å². The number of nitrogens with one attached hydrogen (secondary N) is 1. The van der Waals surface area contributed by atoms with Crippen LogP contribution in [0.3, 0.4) is 0 Å². The molecule has 2 aromatic rings. The van der Waals surface area contributed by atoms with Crippen molar-refractivity contribution in [1.29, 1.82) is 0 Å². The summed E-state index contributed by atoms with van der Waals surface area (Å²) in [4.78, 5) is 16.5. The molecule has 4 fully saturated rings. The first-order valence-electron chi connectivity index (χ1n) is 13.1. The van der Waals surface area contributed by atoms with Crippen LogP contribution in [0.15, 0.2) is 12.1 Å². The van der Waals surface area contributed by atoms with Gasteiger partial charge in [-0.3, -0.25) is 9.69 Å². The van der Waals surface area contributed by atoms with Gasteiger partial charge < -0.3 is 9.88 Å². The summed E-state index contributed by atoms with van der Waals surface area (Å²) >= 11 is 1.17. The van der Waals surface area contributed by atoms with Gasteiger partial charge in [-0.2, -0.15) is 4.39 Å². The van der Waals surface area contributed by atoms with Crippen molar-refractivity contribution in [2.45, 2.75) is 102 Å². The second-order valence-corrected chi connectivity index (χ2v) is 12.5. The second-order valence-electron chi connectivity index (χ2n) is 11.4. The van der Waals surface area contributed by atoms with Crippen molar-refractivity contribution in [2.24, 2.45) is 11.3 Å². The normalized spacial score (nSPS) is 31.4. The average Bonchev–Trinajstić information content (AvgIpc) is 3.36. The number of hydrogen-bond donors (Lipinski definition) is 1. The number of likely N-dealkylation sites (tertiary alicyclic amines) is 1. The van der Waals surface area contributed by atoms with Crippen LogP contribution in [0.4, 0.5) is 4.39 Å². The Balaban J connectivity index is 1.13. The monoisotopic (exact) mass is 485 g/mol. The van der Waals surface area contributed by atoms with E-state index in [0.717, 1.165) is 61.6 Å². The van der Waals surface area contributed by atoms with Crippen LogP contribution in [-0.2, 0) is 4.79 Å². The molecule has 1 N–H and O–H groups in total. The zero-order chi connectivity index (χ0) is 23.6. The summed E-state index contributed by atoms with van der Waals surface area (Å²) in [5, 5.41) is 12.0. The molecule has 1 spiro atoms. The Labute approximate surface area is 205 Å². The Kier molecular flexibility index (Phi) is 5.60. The third-order valence-corrected chi connectivity index (χ3v) is 10.1. The van der Waals surface area contributed by atoms with Gasteiger partial charge >= 0.3 is 0 Å². The van der Waals surface area contributed by atoms with E-state index in [1.54, 1.807) is 0 Å². The lowest BCUT2D eigenvalue weighted by Crippen LogP contribution is -2.53. The van der Waals surface area contributed by atoms with Crippen LogP contribution in [0.1, 0.15) is 99.7 Å². The molecule has 3 saturated carbocycles. The van der Waals surface area contributed by atoms with Crippen LogP contribution in [0.5, 0.6) is 0 Å². The predicted molar refractivity (Wildman–Crippen MR) is 130 cm³/mol. The third kappa shape index (κ3) is 3.63. The van der Waals surface area contributed by atoms with E-state index in [-0.39, 0.29) is 23.0 Å². The molecule has 5 atom stereocenters. The van der Waals surface area contributed by atoms with E-state index in [2.05, 4.69) is 45.8 Å². The molecule has 3 heterocycles. The number of amides is 1. The van der Waals surface area contributed by atoms with Gasteiger partial charge in [0.05, 0.1) is 6.04 Å². The van der Waals surface area contributed by atoms with Crippen LogP contribution in [0.2, 0.25) is 0 Å². The molecular formula is C26H36FN5OS. The Bertz CT molecular complexity index is 1080. The predicted octanol–water partition coefficient (Wildman–Crippen LogP) is 5.13. The van der Waals surface area contributed by atoms with Gasteiger partial charge in [0.15, 0.2) is 5.13 Å². The molecule has 8 heteroatoms. The number of rotatable bonds is 8. The van der Waals surface area contributed by atoms with E-state index < -0.39 is 0 Å². The summed E-state index contributed by atoms with van der Waals surface area (Å²) in [5.74, 6) is 2.80. The first kappa shape index (κ1) is 22.7. The molecule has 184 valence electrons. The van der Waals surface area contributed by atoms with Crippen LogP contribution in [0.25, 0.3) is 0 Å². The molecule has 1 saturated heterocycles. The minimum Gasteiger partial charge on any atom is -0.348 e. The van der Waals surface area contributed by atoms with Gasteiger partial charge in [0.2, 0.25) is 5.91 Å². The number of thiophene rings is 1. The van der Waals surface area contributed by atoms with Crippen LogP contribution in [-0.4, -0.2) is 44.2 Å². The number of halogens is 1. The summed E-state index contributed by atoms with van der Waals surface area (Å²) < 4.78 is 16.2. The summed E-state index contributed by atoms with van der Waals surface area (Å²) in [5.41, 5.74) is 0.479. The molecule has 4 aliphatic rings. The summed E-state index contributed by atoms with van der Waals surface area (Å²) in [6, 6.07) is 5.05. The van der Waals surface area contributed by atoms with Gasteiger partial charge in [-0.05, 0) is 57.6 Å². The van der Waals surface area contributed by atoms with Crippen LogP contribution >= 0.6 is 11.3 Å². The number of nitrogens with zero attached hydrogens (tertiary/aromatic N) is 4. The van der Waals surface area contributed by atoms with Crippen molar-refractivity contribution < 1.29 is 9.18 Å². The van der Waals surface area contributed by atoms with Crippen molar-refractivity contribution in [1.82, 2.24) is 25.0 Å². The fraction of sp³-hybridized carbons (Fsp3) is 0.731. The number of aromatic nitrogens is 3. The van der Waals surface area contributed by atoms with E-state index in [1.807, 2.05) is 6.07 Å². The highest BCUT2D eigenvalue weighted by Gasteiger charge is 2.75. The maximum atomic E-state index is 13.8. The molecule has 2 aromatic heterocycles. The van der Waals surface area contributed by atoms with E-state index in [4.69, 9.17) is 0 Å². The Morgan fingerprint density at radius 1 is 1.24 bits per heavy atom. The van der Waals surface area contributed by atoms with Crippen LogP contribution in [0, 0.1) is 23.4 Å². The van der Waals surface area contributed by atoms with Crippen molar-refractivity contribution in [3.05, 3.63) is 33.8 Å². The van der Waals surface area contributed by atoms with E-state index in [1.165, 1.54) is 30.2 Å². The highest BCUT2D eigenvalue weighted by Crippen LogP contribution is 2.72. The number of carbonyl (C=O) groups excluding carboxylic acids is 1. The molecule has 1 amide bonds. The van der Waals surface area contributed by atoms with E-state index >= 15 is 0 Å². The van der Waals surface area contributed by atoms with Gasteiger partial charge in [-0.15, -0.1) is 21.5 Å². The highest BCUT2D eigenvalue weighted by molar-refractivity contribution is 7.10. The first-order chi connectivity index (χ1) is 16.4. The smallest absolute Gasteiger partial charge is 0.223 e. The molecule has 0 bridgehead atoms. The molecule has 6 rings (SSSR count). The summed E-state index contributed by atoms with van der Waals surface area (Å²) in [6.07, 6.45) is 8.77. The Morgan fingerprint density at radius 2 is 2.03 bits per heavy atom. The van der Waals surface area contributed by atoms with Crippen molar-refractivity contribution >= 4 is 17.2 Å². The Hall–Kier alpha value is -1.80. The standard InChI is InChI=1S/C26H36FN5OS/c1-15(2)24-30-29-16(3)32(24)18-12-21-26(13-18)14-22(26)31(21)11-10-19(20-8-9-23(27)34-20)28-25(33)17-6-4-5-7-17/h8-9,15,17-19,21-22H,4-7,10-14H2,1-3H3,(H,28,33)/t18?,19-,21?,22?,26?/m0/s1. The third-order valence-electron chi connectivity index (χ3n) is 9.08. The van der Waals surface area contributed by atoms with E-state index in [0.29, 0.717) is 29.5 Å². The molecule has 1 aliphatic heterocycles. The summed E-state index contributed by atoms with van der Waals surface area (Å²) in [7, 11) is 0. The van der Waals surface area contributed by atoms with Gasteiger partial charge in [0.1, 0.15) is 11.6 Å². The lowest BCUT2D eigenvalue weighted by atomic mass is 9.89. The van der Waals surface area contributed by atoms with E-state index in [9.17, 15) is 9.18 Å². The largest absolute Gasteiger partial charge is 0.348 e. The zero-order valence-corrected chi connectivity index (χ0v) is 21.3. The number of aryl methyl sites for hydroxylation is 1. The molecule has 0 aromatic carbocycles. The molecular weight excluding hydrogens is 449 g/mol. The van der Waals surface area contributed by atoms with Crippen molar-refractivity contribution in [3.63, 3.8) is 0 Å². The minimum atomic E-state index is -0.177. The Morgan fingerprint density at radius 3 is 2.74 bits per heavy atom. The fourth-order valence-corrected chi connectivity index (χ4v) is 8.19. The van der Waals surface area contributed by atoms with Crippen molar-refractivity contribution in [2.75, 3.05) is 6.54 Å². The molecule has 0 radical (unpaired) electrons. The fourth-order valence-electron chi connectivity index (χ4n) is 7.37. The topological polar surface area (TPSA) is 63.1 Å². The van der Waals surface area contributed by atoms with Gasteiger partial charge in [-0.1, -0.05) is 26.7 Å². The van der Waals surface area contributed by atoms with Crippen LogP contribution < -0.4 is 5.32 Å². The number of carbonyl (C=O) groups is 1. The minimum absolute atomic E-state index is 0.0961. The quantitative estimate of drug-likeness (QED) is 0.563. The molecule has 34 heavy (non-hydrogen) atoms. The SMILES string of the molecule is Cc1nnc(C(C)C)n1C1CC2N(CC[C@H](NC(=O)C3CCCC3)c3ccc(F)s3)C3CC23C1. The lowest BCUT2D eigenvalue weighted by Gasteiger charge is -2.44. The number of hydrogen-bond acceptors (Lipinski definition) is 5. The summed E-state index contributed by atoms with van der Waals surface area (Å²) in [6.45, 7) is 7.43. The maximum absolute atomic E-state index is 13.8. The van der Waals surface area contributed by atoms with Gasteiger partial charge in [0.25, 0.3) is 0 Å². The highest BCUT2D eigenvalue weighted by atomic mass is 32.1. The maximum Gasteiger partial charge on any atom is 0.223 e.